The molecule has 3 aromatic rings. The Labute approximate surface area is 193 Å². The van der Waals surface area contributed by atoms with Crippen molar-refractivity contribution in [2.75, 3.05) is 20.3 Å². The van der Waals surface area contributed by atoms with Crippen LogP contribution in [0, 0.1) is 0 Å². The number of rotatable bonds is 12. The Morgan fingerprint density at radius 3 is 2.58 bits per heavy atom. The SMILES string of the molecule is CCCCOc1ccc(-c2nnc(CCC(=O)NCCc3ccccc3OC)c(=O)[nH]2)cc1. The molecule has 8 heteroatoms. The second-order valence-electron chi connectivity index (χ2n) is 7.59. The number of aryl methyl sites for hydroxylation is 1. The molecule has 1 amide bonds. The molecule has 0 spiro atoms. The van der Waals surface area contributed by atoms with Gasteiger partial charge in [0.1, 0.15) is 17.2 Å². The maximum Gasteiger partial charge on any atom is 0.273 e. The lowest BCUT2D eigenvalue weighted by atomic mass is 10.1. The Balaban J connectivity index is 1.49. The second kappa shape index (κ2) is 12.4. The van der Waals surface area contributed by atoms with E-state index in [2.05, 4.69) is 27.4 Å². The number of amides is 1. The van der Waals surface area contributed by atoms with Gasteiger partial charge in [-0.1, -0.05) is 31.5 Å². The number of aromatic amines is 1. The number of carbonyl (C=O) groups is 1. The van der Waals surface area contributed by atoms with Gasteiger partial charge in [0.2, 0.25) is 5.91 Å². The fourth-order valence-corrected chi connectivity index (χ4v) is 3.26. The third kappa shape index (κ3) is 7.17. The minimum Gasteiger partial charge on any atom is -0.496 e. The highest BCUT2D eigenvalue weighted by atomic mass is 16.5. The van der Waals surface area contributed by atoms with Crippen LogP contribution in [0.5, 0.6) is 11.5 Å². The van der Waals surface area contributed by atoms with Gasteiger partial charge in [-0.15, -0.1) is 10.2 Å². The predicted molar refractivity (Wildman–Crippen MR) is 127 cm³/mol. The largest absolute Gasteiger partial charge is 0.496 e. The number of nitrogens with one attached hydrogen (secondary N) is 2. The molecule has 174 valence electrons. The summed E-state index contributed by atoms with van der Waals surface area (Å²) in [4.78, 5) is 27.3. The topological polar surface area (TPSA) is 106 Å². The molecule has 0 radical (unpaired) electrons. The van der Waals surface area contributed by atoms with E-state index in [4.69, 9.17) is 9.47 Å². The average molecular weight is 451 g/mol. The van der Waals surface area contributed by atoms with Gasteiger partial charge in [-0.05, 0) is 48.7 Å². The van der Waals surface area contributed by atoms with Gasteiger partial charge in [0, 0.05) is 24.9 Å². The van der Waals surface area contributed by atoms with E-state index in [1.165, 1.54) is 0 Å². The van der Waals surface area contributed by atoms with E-state index in [0.29, 0.717) is 25.4 Å². The van der Waals surface area contributed by atoms with Crippen molar-refractivity contribution in [3.05, 3.63) is 70.1 Å². The summed E-state index contributed by atoms with van der Waals surface area (Å²) in [5.41, 5.74) is 1.66. The summed E-state index contributed by atoms with van der Waals surface area (Å²) >= 11 is 0. The molecule has 0 fully saturated rings. The highest BCUT2D eigenvalue weighted by molar-refractivity contribution is 5.76. The van der Waals surface area contributed by atoms with Crippen LogP contribution < -0.4 is 20.3 Å². The van der Waals surface area contributed by atoms with Gasteiger partial charge < -0.3 is 19.8 Å². The molecule has 3 rings (SSSR count). The molecule has 2 N–H and O–H groups in total. The summed E-state index contributed by atoms with van der Waals surface area (Å²) < 4.78 is 11.0. The van der Waals surface area contributed by atoms with E-state index in [9.17, 15) is 9.59 Å². The standard InChI is InChI=1S/C25H30N4O4/c1-3-4-17-33-20-11-9-19(10-12-20)24-27-25(31)21(28-29-24)13-14-23(30)26-16-15-18-7-5-6-8-22(18)32-2/h5-12H,3-4,13-17H2,1-2H3,(H,26,30)(H,27,29,31). The molecule has 0 unspecified atom stereocenters. The van der Waals surface area contributed by atoms with Crippen LogP contribution in [-0.4, -0.2) is 41.3 Å². The molecule has 0 atom stereocenters. The normalized spacial score (nSPS) is 10.6. The van der Waals surface area contributed by atoms with Crippen molar-refractivity contribution in [2.45, 2.75) is 39.0 Å². The monoisotopic (exact) mass is 450 g/mol. The minimum atomic E-state index is -0.343. The molecule has 0 aliphatic rings. The molecule has 0 saturated heterocycles. The van der Waals surface area contributed by atoms with E-state index in [-0.39, 0.29) is 30.0 Å². The van der Waals surface area contributed by atoms with Gasteiger partial charge >= 0.3 is 0 Å². The fraction of sp³-hybridized carbons (Fsp3) is 0.360. The number of nitrogens with zero attached hydrogens (tertiary/aromatic N) is 2. The molecule has 0 aliphatic heterocycles. The lowest BCUT2D eigenvalue weighted by Gasteiger charge is -2.09. The van der Waals surface area contributed by atoms with Crippen molar-refractivity contribution in [1.82, 2.24) is 20.5 Å². The Morgan fingerprint density at radius 1 is 1.06 bits per heavy atom. The molecule has 0 bridgehead atoms. The Bertz CT molecular complexity index is 1100. The first-order chi connectivity index (χ1) is 16.1. The molecule has 33 heavy (non-hydrogen) atoms. The first-order valence-corrected chi connectivity index (χ1v) is 11.2. The lowest BCUT2D eigenvalue weighted by Crippen LogP contribution is -2.27. The van der Waals surface area contributed by atoms with Crippen molar-refractivity contribution < 1.29 is 14.3 Å². The summed E-state index contributed by atoms with van der Waals surface area (Å²) in [7, 11) is 1.62. The molecule has 8 nitrogen and oxygen atoms in total. The lowest BCUT2D eigenvalue weighted by molar-refractivity contribution is -0.121. The van der Waals surface area contributed by atoms with Crippen LogP contribution in [0.25, 0.3) is 11.4 Å². The summed E-state index contributed by atoms with van der Waals surface area (Å²) in [6.07, 6.45) is 3.11. The van der Waals surface area contributed by atoms with Crippen molar-refractivity contribution in [3.63, 3.8) is 0 Å². The summed E-state index contributed by atoms with van der Waals surface area (Å²) in [6, 6.07) is 15.0. The van der Waals surface area contributed by atoms with Crippen LogP contribution in [0.4, 0.5) is 0 Å². The van der Waals surface area contributed by atoms with Gasteiger partial charge in [-0.3, -0.25) is 9.59 Å². The Morgan fingerprint density at radius 2 is 1.85 bits per heavy atom. The fourth-order valence-electron chi connectivity index (χ4n) is 3.26. The number of ether oxygens (including phenoxy) is 2. The zero-order valence-electron chi connectivity index (χ0n) is 19.1. The maximum absolute atomic E-state index is 12.4. The van der Waals surface area contributed by atoms with Gasteiger partial charge in [0.05, 0.1) is 13.7 Å². The van der Waals surface area contributed by atoms with Crippen LogP contribution in [0.15, 0.2) is 53.3 Å². The van der Waals surface area contributed by atoms with E-state index in [1.54, 1.807) is 7.11 Å². The molecule has 0 saturated carbocycles. The summed E-state index contributed by atoms with van der Waals surface area (Å²) in [5.74, 6) is 1.81. The predicted octanol–water partition coefficient (Wildman–Crippen LogP) is 3.31. The third-order valence-corrected chi connectivity index (χ3v) is 5.16. The van der Waals surface area contributed by atoms with Crippen molar-refractivity contribution in [2.24, 2.45) is 0 Å². The van der Waals surface area contributed by atoms with E-state index in [0.717, 1.165) is 35.5 Å². The van der Waals surface area contributed by atoms with Gasteiger partial charge in [-0.2, -0.15) is 0 Å². The van der Waals surface area contributed by atoms with Crippen LogP contribution in [0.3, 0.4) is 0 Å². The number of carbonyl (C=O) groups excluding carboxylic acids is 1. The molecular formula is C25H30N4O4. The average Bonchev–Trinajstić information content (AvgIpc) is 2.84. The highest BCUT2D eigenvalue weighted by Crippen LogP contribution is 2.19. The molecule has 0 aliphatic carbocycles. The number of benzene rings is 2. The Hall–Kier alpha value is -3.68. The number of H-pyrrole nitrogens is 1. The van der Waals surface area contributed by atoms with Gasteiger partial charge in [-0.25, -0.2) is 0 Å². The van der Waals surface area contributed by atoms with Crippen molar-refractivity contribution in [1.29, 1.82) is 0 Å². The number of para-hydroxylation sites is 1. The van der Waals surface area contributed by atoms with Crippen molar-refractivity contribution >= 4 is 5.91 Å². The second-order valence-corrected chi connectivity index (χ2v) is 7.59. The van der Waals surface area contributed by atoms with Crippen LogP contribution in [-0.2, 0) is 17.6 Å². The maximum atomic E-state index is 12.4. The zero-order valence-corrected chi connectivity index (χ0v) is 19.1. The quantitative estimate of drug-likeness (QED) is 0.410. The van der Waals surface area contributed by atoms with Crippen LogP contribution in [0.1, 0.15) is 37.4 Å². The third-order valence-electron chi connectivity index (χ3n) is 5.16. The van der Waals surface area contributed by atoms with Crippen LogP contribution in [0.2, 0.25) is 0 Å². The first-order valence-electron chi connectivity index (χ1n) is 11.2. The summed E-state index contributed by atoms with van der Waals surface area (Å²) in [6.45, 7) is 3.27. The zero-order chi connectivity index (χ0) is 23.5. The molecule has 2 aromatic carbocycles. The Kier molecular flexibility index (Phi) is 8.99. The molecule has 1 heterocycles. The number of methoxy groups -OCH3 is 1. The van der Waals surface area contributed by atoms with E-state index in [1.807, 2.05) is 48.5 Å². The summed E-state index contributed by atoms with van der Waals surface area (Å²) in [5, 5.41) is 11.0. The molecular weight excluding hydrogens is 420 g/mol. The van der Waals surface area contributed by atoms with Gasteiger partial charge in [0.25, 0.3) is 5.56 Å². The first kappa shape index (κ1) is 24.0. The van der Waals surface area contributed by atoms with E-state index < -0.39 is 0 Å². The number of unbranched alkanes of at least 4 members (excludes halogenated alkanes) is 1. The number of hydrogen-bond donors (Lipinski definition) is 2. The smallest absolute Gasteiger partial charge is 0.273 e. The number of aromatic nitrogens is 3. The minimum absolute atomic E-state index is 0.145. The highest BCUT2D eigenvalue weighted by Gasteiger charge is 2.10. The van der Waals surface area contributed by atoms with Crippen molar-refractivity contribution in [3.8, 4) is 22.9 Å². The van der Waals surface area contributed by atoms with Crippen LogP contribution >= 0.6 is 0 Å². The molecule has 1 aromatic heterocycles. The number of hydrogen-bond acceptors (Lipinski definition) is 6. The van der Waals surface area contributed by atoms with E-state index >= 15 is 0 Å². The van der Waals surface area contributed by atoms with Gasteiger partial charge in [0.15, 0.2) is 5.82 Å².